The number of nitriles is 1. The van der Waals surface area contributed by atoms with Crippen LogP contribution in [-0.4, -0.2) is 33.7 Å². The fraction of sp³-hybridized carbons (Fsp3) is 0.500. The molecule has 1 radical (unpaired) electrons. The molecule has 0 fully saturated rings. The largest absolute Gasteiger partial charge is 4.00 e. The zero-order valence-electron chi connectivity index (χ0n) is 7.42. The van der Waals surface area contributed by atoms with Crippen LogP contribution in [0.25, 0.3) is 0 Å². The van der Waals surface area contributed by atoms with Crippen LogP contribution in [0.2, 0.25) is 0 Å². The molecule has 1 nitrogen and oxygen atoms in total. The van der Waals surface area contributed by atoms with E-state index in [9.17, 15) is 0 Å². The van der Waals surface area contributed by atoms with E-state index < -0.39 is 0 Å². The average molecular weight is 401 g/mol. The molecule has 0 saturated heterocycles. The van der Waals surface area contributed by atoms with Gasteiger partial charge in [-0.3, -0.25) is 0 Å². The number of hydrogen-bond donors (Lipinski definition) is 0. The van der Waals surface area contributed by atoms with Crippen molar-refractivity contribution in [2.45, 2.75) is 32.6 Å². The van der Waals surface area contributed by atoms with E-state index in [1.807, 2.05) is 0 Å². The second kappa shape index (κ2) is 36.4. The second-order valence-electron chi connectivity index (χ2n) is 2.32. The fourth-order valence-electron chi connectivity index (χ4n) is 0.856. The van der Waals surface area contributed by atoms with Crippen molar-refractivity contribution in [3.63, 3.8) is 0 Å². The minimum atomic E-state index is 0. The molecule has 0 saturated carbocycles. The maximum Gasteiger partial charge on any atom is 4.00 e. The summed E-state index contributed by atoms with van der Waals surface area (Å²) in [6, 6.07) is 1.75. The van der Waals surface area contributed by atoms with Gasteiger partial charge in [0, 0.05) is 6.92 Å². The van der Waals surface area contributed by atoms with E-state index >= 15 is 0 Å². The maximum absolute atomic E-state index is 7.32. The van der Waals surface area contributed by atoms with Crippen molar-refractivity contribution in [3.8, 4) is 6.07 Å². The molecule has 0 atom stereocenters. The molecule has 0 aromatic rings. The predicted molar refractivity (Wildman–Crippen MR) is 93.4 cm³/mol. The first kappa shape index (κ1) is 36.0. The van der Waals surface area contributed by atoms with Crippen molar-refractivity contribution in [3.05, 3.63) is 24.3 Å². The van der Waals surface area contributed by atoms with Crippen molar-refractivity contribution in [1.82, 2.24) is 0 Å². The summed E-state index contributed by atoms with van der Waals surface area (Å²) in [5, 5.41) is 7.32. The van der Waals surface area contributed by atoms with Crippen molar-refractivity contribution in [2.24, 2.45) is 0 Å². The fourth-order valence-corrected chi connectivity index (χ4v) is 0.856. The van der Waals surface area contributed by atoms with Crippen molar-refractivity contribution >= 4 is 33.7 Å². The first-order chi connectivity index (χ1) is 5.41. The Kier molecular flexibility index (Phi) is 81.8. The normalized spacial score (nSPS) is 14.5. The zero-order chi connectivity index (χ0) is 8.36. The smallest absolute Gasteiger partial charge is 0.199 e. The summed E-state index contributed by atoms with van der Waals surface area (Å²) in [6.07, 6.45) is 14.0. The molecule has 0 unspecified atom stereocenters. The average Bonchev–Trinajstić information content (AvgIpc) is 1.86. The molecule has 0 aliphatic heterocycles. The molecule has 6 heteroatoms. The van der Waals surface area contributed by atoms with Crippen molar-refractivity contribution in [1.29, 1.82) is 5.26 Å². The van der Waals surface area contributed by atoms with Crippen LogP contribution in [0.1, 0.15) is 32.6 Å². The zero-order valence-corrected chi connectivity index (χ0v) is 9.81. The van der Waals surface area contributed by atoms with E-state index in [2.05, 4.69) is 24.3 Å². The van der Waals surface area contributed by atoms with Gasteiger partial charge in [-0.2, -0.15) is 5.26 Å². The monoisotopic (exact) mass is 402 g/mol. The van der Waals surface area contributed by atoms with Gasteiger partial charge >= 0.3 is 20.1 Å². The van der Waals surface area contributed by atoms with Gasteiger partial charge in [-0.1, -0.05) is 58.0 Å². The summed E-state index contributed by atoms with van der Waals surface area (Å²) < 4.78 is 0. The molecule has 0 spiro atoms. The third kappa shape index (κ3) is 37.1. The molecule has 0 heterocycles. The number of hydrogen-bond acceptors (Lipinski definition) is 1. The van der Waals surface area contributed by atoms with Crippen LogP contribution < -0.4 is 0 Å². The Bertz CT molecular complexity index is 152. The summed E-state index contributed by atoms with van der Waals surface area (Å²) in [5.41, 5.74) is 0. The van der Waals surface area contributed by atoms with Crippen LogP contribution in [0, 0.1) is 11.3 Å². The topological polar surface area (TPSA) is 23.8 Å². The van der Waals surface area contributed by atoms with E-state index in [1.165, 1.54) is 32.6 Å². The molecular formula is C10H31B4IrN. The summed E-state index contributed by atoms with van der Waals surface area (Å²) in [7, 11) is 0. The SMILES string of the molecule is C1=C\CC/C=C\CC/1.CC#N.[BH4-].[BH4-].[BH4-].[BH4-].[Ir+4]. The molecule has 1 rings (SSSR count). The predicted octanol–water partition coefficient (Wildman–Crippen LogP) is -2.61. The Morgan fingerprint density at radius 3 is 1.00 bits per heavy atom. The summed E-state index contributed by atoms with van der Waals surface area (Å²) in [5.74, 6) is 0. The Balaban J connectivity index is -0.0000000288. The van der Waals surface area contributed by atoms with Crippen molar-refractivity contribution < 1.29 is 20.1 Å². The van der Waals surface area contributed by atoms with Gasteiger partial charge in [0.25, 0.3) is 0 Å². The minimum absolute atomic E-state index is 0. The maximum atomic E-state index is 7.32. The molecule has 0 N–H and O–H groups in total. The van der Waals surface area contributed by atoms with Gasteiger partial charge in [0.2, 0.25) is 0 Å². The molecule has 1 aliphatic rings. The number of rotatable bonds is 0. The Morgan fingerprint density at radius 2 is 0.875 bits per heavy atom. The van der Waals surface area contributed by atoms with Crippen LogP contribution in [0.3, 0.4) is 0 Å². The van der Waals surface area contributed by atoms with Gasteiger partial charge < -0.3 is 0 Å². The molecule has 0 aromatic carbocycles. The van der Waals surface area contributed by atoms with Gasteiger partial charge in [0.1, 0.15) is 0 Å². The standard InChI is InChI=1S/C8H12.C2H3N.4BH4.Ir/c1-2-4-6-8-7-5-3-1;1-2-3;;;;;/h1-2,7-8H,3-6H2;1H3;4*1H4;/q;;4*-1;+4/b2-1-,8-7-;;;;;;. The van der Waals surface area contributed by atoms with Gasteiger partial charge in [0.05, 0.1) is 6.07 Å². The molecule has 97 valence electrons. The van der Waals surface area contributed by atoms with Crippen molar-refractivity contribution in [2.75, 3.05) is 0 Å². The van der Waals surface area contributed by atoms with E-state index in [0.717, 1.165) is 0 Å². The third-order valence-electron chi connectivity index (χ3n) is 1.33. The van der Waals surface area contributed by atoms with E-state index in [1.54, 1.807) is 6.07 Å². The molecular weight excluding hydrogens is 370 g/mol. The van der Waals surface area contributed by atoms with Crippen LogP contribution in [0.15, 0.2) is 24.3 Å². The van der Waals surface area contributed by atoms with Gasteiger partial charge in [0.15, 0.2) is 0 Å². The van der Waals surface area contributed by atoms with Gasteiger partial charge in [-0.25, -0.2) is 0 Å². The van der Waals surface area contributed by atoms with E-state index in [0.29, 0.717) is 0 Å². The Hall–Kier alpha value is -0.121. The number of allylic oxidation sites excluding steroid dienone is 4. The first-order valence-corrected chi connectivity index (χ1v) is 4.02. The molecule has 0 bridgehead atoms. The molecule has 0 aromatic heterocycles. The van der Waals surface area contributed by atoms with Gasteiger partial charge in [-0.05, 0) is 25.7 Å². The molecule has 0 amide bonds. The van der Waals surface area contributed by atoms with E-state index in [-0.39, 0.29) is 53.8 Å². The van der Waals surface area contributed by atoms with Crippen LogP contribution >= 0.6 is 0 Å². The van der Waals surface area contributed by atoms with Crippen LogP contribution in [-0.2, 0) is 20.1 Å². The van der Waals surface area contributed by atoms with Crippen LogP contribution in [0.5, 0.6) is 0 Å². The second-order valence-corrected chi connectivity index (χ2v) is 2.32. The summed E-state index contributed by atoms with van der Waals surface area (Å²) >= 11 is 0. The number of nitrogens with zero attached hydrogens (tertiary/aromatic N) is 1. The van der Waals surface area contributed by atoms with Gasteiger partial charge in [-0.15, -0.1) is 0 Å². The quantitative estimate of drug-likeness (QED) is 0.323. The Morgan fingerprint density at radius 1 is 0.750 bits per heavy atom. The van der Waals surface area contributed by atoms with Crippen LogP contribution in [0.4, 0.5) is 0 Å². The Labute approximate surface area is 122 Å². The molecule has 16 heavy (non-hydrogen) atoms. The third-order valence-corrected chi connectivity index (χ3v) is 1.33. The van der Waals surface area contributed by atoms with E-state index in [4.69, 9.17) is 5.26 Å². The minimum Gasteiger partial charge on any atom is -0.199 e. The summed E-state index contributed by atoms with van der Waals surface area (Å²) in [4.78, 5) is 0. The summed E-state index contributed by atoms with van der Waals surface area (Å²) in [6.45, 7) is 1.43. The first-order valence-electron chi connectivity index (χ1n) is 4.02. The molecule has 1 aliphatic carbocycles.